The lowest BCUT2D eigenvalue weighted by Crippen LogP contribution is -2.44. The van der Waals surface area contributed by atoms with Gasteiger partial charge < -0.3 is 14.9 Å². The molecule has 0 saturated heterocycles. The molecule has 1 saturated carbocycles. The first-order chi connectivity index (χ1) is 8.95. The summed E-state index contributed by atoms with van der Waals surface area (Å²) in [6.07, 6.45) is 6.28. The van der Waals surface area contributed by atoms with Gasteiger partial charge in [-0.15, -0.1) is 0 Å². The van der Waals surface area contributed by atoms with Crippen LogP contribution in [0.5, 0.6) is 0 Å². The summed E-state index contributed by atoms with van der Waals surface area (Å²) in [5.41, 5.74) is 0. The third-order valence-electron chi connectivity index (χ3n) is 2.93. The first-order valence-electron chi connectivity index (χ1n) is 7.06. The molecule has 0 aromatic rings. The maximum absolute atomic E-state index is 5.68. The monoisotopic (exact) mass is 323 g/mol. The lowest BCUT2D eigenvalue weighted by atomic mass is 9.96. The van der Waals surface area contributed by atoms with Gasteiger partial charge in [0.25, 0.3) is 0 Å². The van der Waals surface area contributed by atoms with Crippen molar-refractivity contribution in [3.63, 3.8) is 0 Å². The van der Waals surface area contributed by atoms with Gasteiger partial charge in [0.1, 0.15) is 0 Å². The first-order valence-corrected chi connectivity index (χ1v) is 10.2. The predicted molar refractivity (Wildman–Crippen MR) is 89.9 cm³/mol. The van der Waals surface area contributed by atoms with Gasteiger partial charge in [0.15, 0.2) is 5.11 Å². The van der Waals surface area contributed by atoms with Crippen molar-refractivity contribution >= 4 is 35.7 Å². The molecule has 0 aliphatic heterocycles. The molecule has 7 heteroatoms. The lowest BCUT2D eigenvalue weighted by molar-refractivity contribution is 0.363. The van der Waals surface area contributed by atoms with E-state index in [0.717, 1.165) is 0 Å². The van der Waals surface area contributed by atoms with E-state index in [4.69, 9.17) is 28.5 Å². The summed E-state index contributed by atoms with van der Waals surface area (Å²) in [5, 5.41) is 10.5. The van der Waals surface area contributed by atoms with Gasteiger partial charge in [-0.3, -0.25) is 0 Å². The highest BCUT2D eigenvalue weighted by Crippen LogP contribution is 2.38. The Hall–Kier alpha value is 0.260. The number of hydrogen-bond donors (Lipinski definition) is 3. The Balaban J connectivity index is 2.48. The SMILES string of the molecule is CCOP(=S)(NC(=S)NC1CCCCC1)NC(C)C. The van der Waals surface area contributed by atoms with E-state index in [1.165, 1.54) is 32.1 Å². The van der Waals surface area contributed by atoms with Gasteiger partial charge in [0, 0.05) is 12.1 Å². The molecule has 0 heterocycles. The van der Waals surface area contributed by atoms with Gasteiger partial charge in [0.05, 0.1) is 6.61 Å². The van der Waals surface area contributed by atoms with Crippen LogP contribution in [0.4, 0.5) is 0 Å². The van der Waals surface area contributed by atoms with Gasteiger partial charge in [-0.25, -0.2) is 5.09 Å². The molecule has 0 spiro atoms. The van der Waals surface area contributed by atoms with Crippen LogP contribution >= 0.6 is 18.8 Å². The van der Waals surface area contributed by atoms with Gasteiger partial charge in [0.2, 0.25) is 6.57 Å². The van der Waals surface area contributed by atoms with Crippen molar-refractivity contribution in [1.82, 2.24) is 15.5 Å². The largest absolute Gasteiger partial charge is 0.360 e. The fraction of sp³-hybridized carbons (Fsp3) is 0.917. The quantitative estimate of drug-likeness (QED) is 0.516. The fourth-order valence-electron chi connectivity index (χ4n) is 2.22. The van der Waals surface area contributed by atoms with Crippen molar-refractivity contribution < 1.29 is 4.52 Å². The molecule has 1 aliphatic carbocycles. The molecule has 0 radical (unpaired) electrons. The van der Waals surface area contributed by atoms with Crippen LogP contribution in [0, 0.1) is 0 Å². The molecule has 0 aromatic heterocycles. The maximum Gasteiger partial charge on any atom is 0.225 e. The minimum atomic E-state index is -2.27. The van der Waals surface area contributed by atoms with Crippen molar-refractivity contribution in [2.75, 3.05) is 6.61 Å². The Morgan fingerprint density at radius 3 is 2.47 bits per heavy atom. The zero-order valence-electron chi connectivity index (χ0n) is 12.1. The molecule has 1 aliphatic rings. The standard InChI is InChI=1S/C12H26N3OPS2/c1-4-16-17(19,14-10(2)3)15-12(18)13-11-8-6-5-7-9-11/h10-11H,4-9H2,1-3H3,(H3,13,14,15,18,19). The van der Waals surface area contributed by atoms with E-state index in [9.17, 15) is 0 Å². The minimum Gasteiger partial charge on any atom is -0.360 e. The predicted octanol–water partition coefficient (Wildman–Crippen LogP) is 3.04. The Bertz CT molecular complexity index is 333. The third-order valence-corrected chi connectivity index (χ3v) is 6.20. The van der Waals surface area contributed by atoms with E-state index in [2.05, 4.69) is 29.3 Å². The van der Waals surface area contributed by atoms with Crippen LogP contribution in [0.1, 0.15) is 52.9 Å². The van der Waals surface area contributed by atoms with Crippen molar-refractivity contribution in [2.45, 2.75) is 65.0 Å². The van der Waals surface area contributed by atoms with E-state index >= 15 is 0 Å². The van der Waals surface area contributed by atoms with Crippen LogP contribution < -0.4 is 15.5 Å². The van der Waals surface area contributed by atoms with Crippen molar-refractivity contribution in [3.05, 3.63) is 0 Å². The zero-order valence-corrected chi connectivity index (χ0v) is 14.6. The molecule has 1 rings (SSSR count). The Morgan fingerprint density at radius 2 is 1.95 bits per heavy atom. The average molecular weight is 323 g/mol. The molecule has 0 amide bonds. The van der Waals surface area contributed by atoms with E-state index in [-0.39, 0.29) is 6.04 Å². The second-order valence-electron chi connectivity index (χ2n) is 5.17. The van der Waals surface area contributed by atoms with Crippen LogP contribution in [0.3, 0.4) is 0 Å². The van der Waals surface area contributed by atoms with Crippen molar-refractivity contribution in [2.24, 2.45) is 0 Å². The molecule has 0 aromatic carbocycles. The highest BCUT2D eigenvalue weighted by atomic mass is 32.4. The van der Waals surface area contributed by atoms with Gasteiger partial charge in [-0.2, -0.15) is 0 Å². The van der Waals surface area contributed by atoms with E-state index in [1.54, 1.807) is 0 Å². The molecule has 3 N–H and O–H groups in total. The van der Waals surface area contributed by atoms with Crippen LogP contribution in [-0.2, 0) is 16.3 Å². The summed E-state index contributed by atoms with van der Waals surface area (Å²) < 4.78 is 5.68. The minimum absolute atomic E-state index is 0.266. The lowest BCUT2D eigenvalue weighted by Gasteiger charge is -2.29. The second-order valence-corrected chi connectivity index (χ2v) is 8.97. The van der Waals surface area contributed by atoms with E-state index in [1.807, 2.05) is 6.92 Å². The highest BCUT2D eigenvalue weighted by Gasteiger charge is 2.21. The molecule has 1 atom stereocenters. The summed E-state index contributed by atoms with van der Waals surface area (Å²) >= 11 is 10.9. The average Bonchev–Trinajstić information content (AvgIpc) is 2.28. The highest BCUT2D eigenvalue weighted by molar-refractivity contribution is 8.10. The number of rotatable bonds is 6. The molecule has 112 valence electrons. The molecular formula is C12H26N3OPS2. The number of nitrogens with one attached hydrogen (secondary N) is 3. The molecule has 1 fully saturated rings. The smallest absolute Gasteiger partial charge is 0.225 e. The van der Waals surface area contributed by atoms with Crippen molar-refractivity contribution in [1.29, 1.82) is 0 Å². The molecule has 1 unspecified atom stereocenters. The summed E-state index contributed by atoms with van der Waals surface area (Å²) in [7, 11) is 0. The van der Waals surface area contributed by atoms with Crippen LogP contribution in [0.15, 0.2) is 0 Å². The molecule has 4 nitrogen and oxygen atoms in total. The Morgan fingerprint density at radius 1 is 1.32 bits per heavy atom. The number of hydrogen-bond acceptors (Lipinski definition) is 3. The zero-order chi connectivity index (χ0) is 14.3. The summed E-state index contributed by atoms with van der Waals surface area (Å²) in [6.45, 7) is 4.37. The second kappa shape index (κ2) is 8.53. The normalized spacial score (nSPS) is 20.0. The van der Waals surface area contributed by atoms with E-state index < -0.39 is 6.57 Å². The number of thiocarbonyl (C=S) groups is 1. The Labute approximate surface area is 127 Å². The summed E-state index contributed by atoms with van der Waals surface area (Å²) in [5.74, 6) is 0. The van der Waals surface area contributed by atoms with Crippen molar-refractivity contribution in [3.8, 4) is 0 Å². The molecule has 0 bridgehead atoms. The van der Waals surface area contributed by atoms with Gasteiger partial charge in [-0.1, -0.05) is 19.3 Å². The van der Waals surface area contributed by atoms with Crippen LogP contribution in [0.2, 0.25) is 0 Å². The van der Waals surface area contributed by atoms with Gasteiger partial charge in [-0.05, 0) is 57.6 Å². The topological polar surface area (TPSA) is 45.3 Å². The maximum atomic E-state index is 5.68. The molecule has 19 heavy (non-hydrogen) atoms. The van der Waals surface area contributed by atoms with E-state index in [0.29, 0.717) is 17.8 Å². The first kappa shape index (κ1) is 17.3. The fourth-order valence-corrected chi connectivity index (χ4v) is 5.75. The summed E-state index contributed by atoms with van der Waals surface area (Å²) in [4.78, 5) is 0. The van der Waals surface area contributed by atoms with Gasteiger partial charge >= 0.3 is 0 Å². The molecular weight excluding hydrogens is 297 g/mol. The third kappa shape index (κ3) is 7.00. The Kier molecular flexibility index (Phi) is 7.77. The van der Waals surface area contributed by atoms with Crippen LogP contribution in [-0.4, -0.2) is 23.8 Å². The summed E-state index contributed by atoms with van der Waals surface area (Å²) in [6, 6.07) is 0.750. The van der Waals surface area contributed by atoms with Crippen LogP contribution in [0.25, 0.3) is 0 Å².